The first kappa shape index (κ1) is 15.2. The molecule has 0 aliphatic carbocycles. The predicted octanol–water partition coefficient (Wildman–Crippen LogP) is 3.86. The van der Waals surface area contributed by atoms with Crippen LogP contribution in [0.5, 0.6) is 0 Å². The van der Waals surface area contributed by atoms with Gasteiger partial charge in [0.2, 0.25) is 0 Å². The van der Waals surface area contributed by atoms with E-state index in [-0.39, 0.29) is 0 Å². The van der Waals surface area contributed by atoms with Crippen LogP contribution in [0.4, 0.5) is 5.69 Å². The summed E-state index contributed by atoms with van der Waals surface area (Å²) in [5, 5.41) is 5.84. The summed E-state index contributed by atoms with van der Waals surface area (Å²) in [6.07, 6.45) is 6.03. The third-order valence-corrected chi connectivity index (χ3v) is 4.96. The SMILES string of the molecule is c1ccc(-n2cc(N3CCOCC3)cn2)c(-c2ccc3[nH]ccc3c2)c1. The number of aromatic amines is 1. The number of aromatic nitrogens is 3. The summed E-state index contributed by atoms with van der Waals surface area (Å²) in [7, 11) is 0. The van der Waals surface area contributed by atoms with E-state index < -0.39 is 0 Å². The van der Waals surface area contributed by atoms with E-state index in [0.717, 1.165) is 43.2 Å². The Morgan fingerprint density at radius 1 is 1.00 bits per heavy atom. The van der Waals surface area contributed by atoms with E-state index in [4.69, 9.17) is 4.74 Å². The highest BCUT2D eigenvalue weighted by atomic mass is 16.5. The van der Waals surface area contributed by atoms with Crippen LogP contribution >= 0.6 is 0 Å². The van der Waals surface area contributed by atoms with Crippen LogP contribution in [-0.4, -0.2) is 41.1 Å². The maximum absolute atomic E-state index is 5.45. The van der Waals surface area contributed by atoms with Crippen LogP contribution < -0.4 is 4.90 Å². The van der Waals surface area contributed by atoms with Crippen molar-refractivity contribution in [3.05, 3.63) is 67.1 Å². The van der Waals surface area contributed by atoms with E-state index in [2.05, 4.69) is 69.7 Å². The van der Waals surface area contributed by atoms with Gasteiger partial charge in [0.15, 0.2) is 0 Å². The first-order chi connectivity index (χ1) is 12.9. The number of nitrogens with zero attached hydrogens (tertiary/aromatic N) is 3. The van der Waals surface area contributed by atoms with Crippen molar-refractivity contribution in [1.29, 1.82) is 0 Å². The first-order valence-corrected chi connectivity index (χ1v) is 8.93. The Morgan fingerprint density at radius 3 is 2.81 bits per heavy atom. The molecule has 26 heavy (non-hydrogen) atoms. The number of anilines is 1. The normalized spacial score (nSPS) is 14.8. The maximum atomic E-state index is 5.45. The number of fused-ring (bicyclic) bond motifs is 1. The van der Waals surface area contributed by atoms with Gasteiger partial charge in [0.25, 0.3) is 0 Å². The molecule has 3 heterocycles. The second kappa shape index (κ2) is 6.35. The third kappa shape index (κ3) is 2.66. The summed E-state index contributed by atoms with van der Waals surface area (Å²) in [5.74, 6) is 0. The third-order valence-electron chi connectivity index (χ3n) is 4.96. The molecule has 1 saturated heterocycles. The predicted molar refractivity (Wildman–Crippen MR) is 104 cm³/mol. The molecule has 1 aliphatic heterocycles. The van der Waals surface area contributed by atoms with Crippen molar-refractivity contribution in [2.45, 2.75) is 0 Å². The fourth-order valence-electron chi connectivity index (χ4n) is 3.57. The van der Waals surface area contributed by atoms with E-state index in [9.17, 15) is 0 Å². The molecule has 0 unspecified atom stereocenters. The Bertz CT molecular complexity index is 1040. The molecule has 1 fully saturated rings. The second-order valence-corrected chi connectivity index (χ2v) is 6.54. The zero-order chi connectivity index (χ0) is 17.3. The Balaban J connectivity index is 1.55. The number of para-hydroxylation sites is 1. The summed E-state index contributed by atoms with van der Waals surface area (Å²) in [6, 6.07) is 17.0. The van der Waals surface area contributed by atoms with E-state index in [1.165, 1.54) is 16.5 Å². The lowest BCUT2D eigenvalue weighted by Crippen LogP contribution is -2.35. The highest BCUT2D eigenvalue weighted by Gasteiger charge is 2.15. The quantitative estimate of drug-likeness (QED) is 0.614. The number of H-pyrrole nitrogens is 1. The molecular weight excluding hydrogens is 324 g/mol. The number of hydrogen-bond acceptors (Lipinski definition) is 3. The molecule has 5 heteroatoms. The minimum Gasteiger partial charge on any atom is -0.378 e. The van der Waals surface area contributed by atoms with Crippen LogP contribution in [0.1, 0.15) is 0 Å². The average Bonchev–Trinajstić information content (AvgIpc) is 3.38. The fourth-order valence-corrected chi connectivity index (χ4v) is 3.57. The van der Waals surface area contributed by atoms with Crippen LogP contribution in [-0.2, 0) is 4.74 Å². The molecule has 5 rings (SSSR count). The van der Waals surface area contributed by atoms with Gasteiger partial charge in [-0.3, -0.25) is 0 Å². The van der Waals surface area contributed by atoms with Crippen LogP contribution in [0.15, 0.2) is 67.1 Å². The van der Waals surface area contributed by atoms with Crippen LogP contribution in [0.25, 0.3) is 27.7 Å². The van der Waals surface area contributed by atoms with Crippen molar-refractivity contribution in [3.8, 4) is 16.8 Å². The lowest BCUT2D eigenvalue weighted by molar-refractivity contribution is 0.122. The fraction of sp³-hybridized carbons (Fsp3) is 0.190. The van der Waals surface area contributed by atoms with Crippen LogP contribution in [0, 0.1) is 0 Å². The van der Waals surface area contributed by atoms with Crippen molar-refractivity contribution in [2.75, 3.05) is 31.2 Å². The molecule has 0 saturated carbocycles. The maximum Gasteiger partial charge on any atom is 0.0758 e. The highest BCUT2D eigenvalue weighted by molar-refractivity contribution is 5.86. The zero-order valence-electron chi connectivity index (χ0n) is 14.4. The van der Waals surface area contributed by atoms with Gasteiger partial charge in [-0.1, -0.05) is 24.3 Å². The van der Waals surface area contributed by atoms with E-state index >= 15 is 0 Å². The Kier molecular flexibility index (Phi) is 3.72. The first-order valence-electron chi connectivity index (χ1n) is 8.93. The molecule has 4 aromatic rings. The summed E-state index contributed by atoms with van der Waals surface area (Å²) < 4.78 is 7.42. The summed E-state index contributed by atoms with van der Waals surface area (Å²) >= 11 is 0. The van der Waals surface area contributed by atoms with Crippen molar-refractivity contribution in [1.82, 2.24) is 14.8 Å². The molecule has 2 aromatic heterocycles. The molecule has 0 spiro atoms. The number of morpholine rings is 1. The second-order valence-electron chi connectivity index (χ2n) is 6.54. The molecule has 0 radical (unpaired) electrons. The van der Waals surface area contributed by atoms with Gasteiger partial charge in [-0.05, 0) is 35.2 Å². The Morgan fingerprint density at radius 2 is 1.88 bits per heavy atom. The molecule has 130 valence electrons. The minimum atomic E-state index is 0.776. The molecule has 2 aromatic carbocycles. The van der Waals surface area contributed by atoms with Gasteiger partial charge in [0, 0.05) is 30.4 Å². The number of benzene rings is 2. The molecule has 0 bridgehead atoms. The summed E-state index contributed by atoms with van der Waals surface area (Å²) in [6.45, 7) is 3.38. The van der Waals surface area contributed by atoms with Crippen molar-refractivity contribution in [3.63, 3.8) is 0 Å². The molecule has 0 atom stereocenters. The molecule has 1 aliphatic rings. The number of rotatable bonds is 3. The van der Waals surface area contributed by atoms with Crippen LogP contribution in [0.3, 0.4) is 0 Å². The van der Waals surface area contributed by atoms with Crippen molar-refractivity contribution < 1.29 is 4.74 Å². The standard InChI is InChI=1S/C21H20N4O/c1-2-4-21(25-15-18(14-23-25)24-9-11-26-12-10-24)19(3-1)16-5-6-20-17(13-16)7-8-22-20/h1-8,13-15,22H,9-12H2. The van der Waals surface area contributed by atoms with Gasteiger partial charge in [-0.15, -0.1) is 0 Å². The highest BCUT2D eigenvalue weighted by Crippen LogP contribution is 2.30. The van der Waals surface area contributed by atoms with E-state index in [1.54, 1.807) is 0 Å². The topological polar surface area (TPSA) is 46.1 Å². The van der Waals surface area contributed by atoms with Gasteiger partial charge in [-0.25, -0.2) is 4.68 Å². The molecule has 1 N–H and O–H groups in total. The van der Waals surface area contributed by atoms with Crippen LogP contribution in [0.2, 0.25) is 0 Å². The van der Waals surface area contributed by atoms with Gasteiger partial charge in [-0.2, -0.15) is 5.10 Å². The van der Waals surface area contributed by atoms with Gasteiger partial charge in [0.1, 0.15) is 0 Å². The lowest BCUT2D eigenvalue weighted by atomic mass is 10.0. The lowest BCUT2D eigenvalue weighted by Gasteiger charge is -2.27. The average molecular weight is 344 g/mol. The van der Waals surface area contributed by atoms with E-state index in [0.29, 0.717) is 0 Å². The Labute approximate surface area is 151 Å². The summed E-state index contributed by atoms with van der Waals surface area (Å²) in [5.41, 5.74) is 5.74. The molecular formula is C21H20N4O. The number of ether oxygens (including phenoxy) is 1. The summed E-state index contributed by atoms with van der Waals surface area (Å²) in [4.78, 5) is 5.57. The van der Waals surface area contributed by atoms with Gasteiger partial charge < -0.3 is 14.6 Å². The van der Waals surface area contributed by atoms with Crippen molar-refractivity contribution >= 4 is 16.6 Å². The zero-order valence-corrected chi connectivity index (χ0v) is 14.4. The Hall–Kier alpha value is -3.05. The number of hydrogen-bond donors (Lipinski definition) is 1. The molecule has 0 amide bonds. The monoisotopic (exact) mass is 344 g/mol. The van der Waals surface area contributed by atoms with Gasteiger partial charge in [0.05, 0.1) is 37.0 Å². The number of nitrogens with one attached hydrogen (secondary N) is 1. The molecule has 5 nitrogen and oxygen atoms in total. The van der Waals surface area contributed by atoms with Gasteiger partial charge >= 0.3 is 0 Å². The minimum absolute atomic E-state index is 0.776. The smallest absolute Gasteiger partial charge is 0.0758 e. The largest absolute Gasteiger partial charge is 0.378 e. The van der Waals surface area contributed by atoms with Crippen molar-refractivity contribution in [2.24, 2.45) is 0 Å². The van der Waals surface area contributed by atoms with E-state index in [1.807, 2.05) is 17.1 Å².